The monoisotopic (exact) mass is 244 g/mol. The fourth-order valence-electron chi connectivity index (χ4n) is 1.81. The van der Waals surface area contributed by atoms with E-state index in [1.807, 2.05) is 42.5 Å². The van der Waals surface area contributed by atoms with Crippen molar-refractivity contribution < 1.29 is 0 Å². The lowest BCUT2D eigenvalue weighted by atomic mass is 10.2. The maximum Gasteiger partial charge on any atom is 0.0873 e. The number of aryl methyl sites for hydroxylation is 1. The van der Waals surface area contributed by atoms with E-state index >= 15 is 0 Å². The fraction of sp³-hybridized carbons (Fsp3) is 0.429. The molecule has 0 aliphatic heterocycles. The SMILES string of the molecule is Cc1cnn(-c2cnccc2CNCC(C)C)c1. The lowest BCUT2D eigenvalue weighted by Crippen LogP contribution is -2.20. The number of hydrogen-bond acceptors (Lipinski definition) is 3. The first kappa shape index (κ1) is 12.8. The number of rotatable bonds is 5. The minimum Gasteiger partial charge on any atom is -0.312 e. The zero-order valence-electron chi connectivity index (χ0n) is 11.2. The molecule has 0 aliphatic carbocycles. The lowest BCUT2D eigenvalue weighted by Gasteiger charge is -2.11. The van der Waals surface area contributed by atoms with Gasteiger partial charge < -0.3 is 5.32 Å². The smallest absolute Gasteiger partial charge is 0.0873 e. The van der Waals surface area contributed by atoms with Gasteiger partial charge in [0.1, 0.15) is 0 Å². The number of hydrogen-bond donors (Lipinski definition) is 1. The predicted molar refractivity (Wildman–Crippen MR) is 72.6 cm³/mol. The van der Waals surface area contributed by atoms with Crippen LogP contribution in [0.1, 0.15) is 25.0 Å². The molecule has 2 rings (SSSR count). The van der Waals surface area contributed by atoms with Gasteiger partial charge in [-0.1, -0.05) is 13.8 Å². The number of nitrogens with zero attached hydrogens (tertiary/aromatic N) is 3. The zero-order chi connectivity index (χ0) is 13.0. The van der Waals surface area contributed by atoms with Gasteiger partial charge in [0.05, 0.1) is 18.1 Å². The van der Waals surface area contributed by atoms with E-state index in [2.05, 4.69) is 29.2 Å². The first-order chi connectivity index (χ1) is 8.66. The van der Waals surface area contributed by atoms with Crippen molar-refractivity contribution in [3.63, 3.8) is 0 Å². The summed E-state index contributed by atoms with van der Waals surface area (Å²) in [4.78, 5) is 4.19. The molecule has 0 saturated heterocycles. The van der Waals surface area contributed by atoms with Crippen molar-refractivity contribution in [2.75, 3.05) is 6.54 Å². The van der Waals surface area contributed by atoms with Gasteiger partial charge in [-0.05, 0) is 36.6 Å². The molecule has 96 valence electrons. The molecule has 1 N–H and O–H groups in total. The van der Waals surface area contributed by atoms with Gasteiger partial charge in [0.15, 0.2) is 0 Å². The number of pyridine rings is 1. The second-order valence-corrected chi connectivity index (χ2v) is 4.99. The van der Waals surface area contributed by atoms with Crippen LogP contribution < -0.4 is 5.32 Å². The summed E-state index contributed by atoms with van der Waals surface area (Å²) in [6.45, 7) is 8.31. The lowest BCUT2D eigenvalue weighted by molar-refractivity contribution is 0.551. The van der Waals surface area contributed by atoms with Gasteiger partial charge in [0.25, 0.3) is 0 Å². The third-order valence-electron chi connectivity index (χ3n) is 2.71. The van der Waals surface area contributed by atoms with Gasteiger partial charge in [0.2, 0.25) is 0 Å². The van der Waals surface area contributed by atoms with Gasteiger partial charge in [-0.3, -0.25) is 4.98 Å². The van der Waals surface area contributed by atoms with Crippen LogP contribution >= 0.6 is 0 Å². The summed E-state index contributed by atoms with van der Waals surface area (Å²) in [6.07, 6.45) is 7.56. The van der Waals surface area contributed by atoms with E-state index < -0.39 is 0 Å². The molecule has 0 unspecified atom stereocenters. The number of aromatic nitrogens is 3. The van der Waals surface area contributed by atoms with E-state index in [-0.39, 0.29) is 0 Å². The maximum absolute atomic E-state index is 4.34. The van der Waals surface area contributed by atoms with Crippen LogP contribution in [0.2, 0.25) is 0 Å². The van der Waals surface area contributed by atoms with E-state index in [1.165, 1.54) is 5.56 Å². The quantitative estimate of drug-likeness (QED) is 0.877. The molecule has 0 bridgehead atoms. The summed E-state index contributed by atoms with van der Waals surface area (Å²) in [5.41, 5.74) is 3.41. The van der Waals surface area contributed by atoms with Gasteiger partial charge in [0, 0.05) is 18.9 Å². The molecule has 0 aliphatic rings. The molecule has 18 heavy (non-hydrogen) atoms. The van der Waals surface area contributed by atoms with Crippen molar-refractivity contribution >= 4 is 0 Å². The molecule has 0 aromatic carbocycles. The predicted octanol–water partition coefficient (Wildman–Crippen LogP) is 2.32. The first-order valence-electron chi connectivity index (χ1n) is 6.32. The van der Waals surface area contributed by atoms with Crippen molar-refractivity contribution in [3.8, 4) is 5.69 Å². The highest BCUT2D eigenvalue weighted by molar-refractivity contribution is 5.37. The summed E-state index contributed by atoms with van der Waals surface area (Å²) in [7, 11) is 0. The Morgan fingerprint density at radius 3 is 2.83 bits per heavy atom. The first-order valence-corrected chi connectivity index (χ1v) is 6.32. The Morgan fingerprint density at radius 1 is 1.33 bits per heavy atom. The molecular formula is C14H20N4. The van der Waals surface area contributed by atoms with Crippen LogP contribution in [-0.4, -0.2) is 21.3 Å². The van der Waals surface area contributed by atoms with E-state index in [4.69, 9.17) is 0 Å². The molecule has 0 fully saturated rings. The highest BCUT2D eigenvalue weighted by atomic mass is 15.3. The molecule has 0 saturated carbocycles. The molecular weight excluding hydrogens is 224 g/mol. The minimum atomic E-state index is 0.655. The summed E-state index contributed by atoms with van der Waals surface area (Å²) in [5.74, 6) is 0.655. The van der Waals surface area contributed by atoms with Crippen LogP contribution in [0, 0.1) is 12.8 Å². The Labute approximate surface area is 108 Å². The average molecular weight is 244 g/mol. The highest BCUT2D eigenvalue weighted by Gasteiger charge is 2.05. The average Bonchev–Trinajstić information content (AvgIpc) is 2.76. The van der Waals surface area contributed by atoms with Crippen molar-refractivity contribution in [2.24, 2.45) is 5.92 Å². The minimum absolute atomic E-state index is 0.655. The topological polar surface area (TPSA) is 42.7 Å². The van der Waals surface area contributed by atoms with Crippen LogP contribution in [0.25, 0.3) is 5.69 Å². The van der Waals surface area contributed by atoms with E-state index in [0.29, 0.717) is 5.92 Å². The van der Waals surface area contributed by atoms with Gasteiger partial charge >= 0.3 is 0 Å². The fourth-order valence-corrected chi connectivity index (χ4v) is 1.81. The highest BCUT2D eigenvalue weighted by Crippen LogP contribution is 2.12. The van der Waals surface area contributed by atoms with Crippen LogP contribution in [0.3, 0.4) is 0 Å². The van der Waals surface area contributed by atoms with Crippen LogP contribution in [0.15, 0.2) is 30.9 Å². The molecule has 0 spiro atoms. The standard InChI is InChI=1S/C14H20N4/c1-11(2)6-16-8-13-4-5-15-9-14(13)18-10-12(3)7-17-18/h4-5,7,9-11,16H,6,8H2,1-3H3. The molecule has 4 heteroatoms. The maximum atomic E-state index is 4.34. The largest absolute Gasteiger partial charge is 0.312 e. The summed E-state index contributed by atoms with van der Waals surface area (Å²) in [6, 6.07) is 2.04. The Kier molecular flexibility index (Phi) is 4.10. The van der Waals surface area contributed by atoms with Crippen LogP contribution in [0.4, 0.5) is 0 Å². The molecule has 4 nitrogen and oxygen atoms in total. The Morgan fingerprint density at radius 2 is 2.17 bits per heavy atom. The second kappa shape index (κ2) is 5.78. The van der Waals surface area contributed by atoms with Crippen molar-refractivity contribution in [3.05, 3.63) is 42.0 Å². The molecule has 0 radical (unpaired) electrons. The van der Waals surface area contributed by atoms with Gasteiger partial charge in [-0.2, -0.15) is 5.10 Å². The third-order valence-corrected chi connectivity index (χ3v) is 2.71. The second-order valence-electron chi connectivity index (χ2n) is 4.99. The summed E-state index contributed by atoms with van der Waals surface area (Å²) >= 11 is 0. The van der Waals surface area contributed by atoms with Gasteiger partial charge in [-0.25, -0.2) is 4.68 Å². The molecule has 0 atom stereocenters. The molecule has 2 heterocycles. The van der Waals surface area contributed by atoms with E-state index in [9.17, 15) is 0 Å². The normalized spacial score (nSPS) is 11.1. The van der Waals surface area contributed by atoms with Crippen molar-refractivity contribution in [1.82, 2.24) is 20.1 Å². The number of nitrogens with one attached hydrogen (secondary N) is 1. The molecule has 2 aromatic rings. The van der Waals surface area contributed by atoms with Gasteiger partial charge in [-0.15, -0.1) is 0 Å². The Bertz CT molecular complexity index is 502. The van der Waals surface area contributed by atoms with Crippen LogP contribution in [0.5, 0.6) is 0 Å². The third kappa shape index (κ3) is 3.17. The van der Waals surface area contributed by atoms with Crippen molar-refractivity contribution in [1.29, 1.82) is 0 Å². The summed E-state index contributed by atoms with van der Waals surface area (Å²) < 4.78 is 1.88. The summed E-state index contributed by atoms with van der Waals surface area (Å²) in [5, 5.41) is 7.79. The van der Waals surface area contributed by atoms with E-state index in [0.717, 1.165) is 24.3 Å². The van der Waals surface area contributed by atoms with E-state index in [1.54, 1.807) is 0 Å². The van der Waals surface area contributed by atoms with Crippen LogP contribution in [-0.2, 0) is 6.54 Å². The van der Waals surface area contributed by atoms with Crippen molar-refractivity contribution in [2.45, 2.75) is 27.3 Å². The zero-order valence-corrected chi connectivity index (χ0v) is 11.2. The molecule has 0 amide bonds. The Balaban J connectivity index is 2.15. The Hall–Kier alpha value is -1.68. The molecule has 2 aromatic heterocycles.